The Hall–Kier alpha value is -1.45. The molecule has 1 unspecified atom stereocenters. The number of carbonyl (C=O) groups excluding carboxylic acids is 1. The number of rotatable bonds is 2. The highest BCUT2D eigenvalue weighted by atomic mass is 32.2. The first kappa shape index (κ1) is 17.0. The van der Waals surface area contributed by atoms with Gasteiger partial charge in [0, 0.05) is 11.9 Å². The van der Waals surface area contributed by atoms with Gasteiger partial charge in [0.2, 0.25) is 0 Å². The van der Waals surface area contributed by atoms with Gasteiger partial charge in [-0.2, -0.15) is 4.99 Å². The van der Waals surface area contributed by atoms with E-state index in [2.05, 4.69) is 4.99 Å². The van der Waals surface area contributed by atoms with Crippen LogP contribution in [0.3, 0.4) is 0 Å². The number of sulfone groups is 1. The molecule has 3 atom stereocenters. The van der Waals surface area contributed by atoms with Gasteiger partial charge in [0.05, 0.1) is 23.2 Å². The van der Waals surface area contributed by atoms with E-state index in [1.807, 2.05) is 0 Å². The van der Waals surface area contributed by atoms with Crippen LogP contribution in [0.25, 0.3) is 0 Å². The fraction of sp³-hybridized carbons (Fsp3) is 0.500. The third-order valence-electron chi connectivity index (χ3n) is 4.59. The van der Waals surface area contributed by atoms with Gasteiger partial charge in [0.15, 0.2) is 15.0 Å². The average Bonchev–Trinajstić information content (AvgIpc) is 3.23. The minimum atomic E-state index is -3.18. The van der Waals surface area contributed by atoms with Gasteiger partial charge in [-0.15, -0.1) is 0 Å². The van der Waals surface area contributed by atoms with Gasteiger partial charge in [-0.25, -0.2) is 12.8 Å². The lowest BCUT2D eigenvalue weighted by Gasteiger charge is -2.25. The maximum absolute atomic E-state index is 14.3. The molecule has 1 amide bonds. The van der Waals surface area contributed by atoms with E-state index in [9.17, 15) is 17.6 Å². The van der Waals surface area contributed by atoms with Crippen molar-refractivity contribution in [2.24, 2.45) is 4.99 Å². The standard InChI is InChI=1S/C16H17FN2O4S2/c17-10-4-1-2-5-11(10)19-12-8-25(21,22)9-14(12)24-16(19)18-15(20)13-6-3-7-23-13/h1-2,4-5,12-14H,3,6-9H2/t12-,13?,14+/m0/s1. The number of aliphatic imine (C=N–C) groups is 1. The van der Waals surface area contributed by atoms with Gasteiger partial charge in [0.25, 0.3) is 5.91 Å². The monoisotopic (exact) mass is 384 g/mol. The van der Waals surface area contributed by atoms with Crippen molar-refractivity contribution in [3.63, 3.8) is 0 Å². The minimum Gasteiger partial charge on any atom is -0.368 e. The molecule has 3 heterocycles. The van der Waals surface area contributed by atoms with Crippen molar-refractivity contribution in [1.29, 1.82) is 0 Å². The first-order valence-electron chi connectivity index (χ1n) is 8.09. The molecule has 9 heteroatoms. The zero-order valence-corrected chi connectivity index (χ0v) is 14.9. The summed E-state index contributed by atoms with van der Waals surface area (Å²) in [6.07, 6.45) is 0.885. The molecule has 0 N–H and O–H groups in total. The maximum Gasteiger partial charge on any atom is 0.277 e. The highest BCUT2D eigenvalue weighted by Crippen LogP contribution is 2.41. The van der Waals surface area contributed by atoms with Gasteiger partial charge in [-0.05, 0) is 25.0 Å². The predicted octanol–water partition coefficient (Wildman–Crippen LogP) is 1.61. The summed E-state index contributed by atoms with van der Waals surface area (Å²) in [6, 6.07) is 5.73. The van der Waals surface area contributed by atoms with Crippen LogP contribution in [-0.4, -0.2) is 55.0 Å². The zero-order chi connectivity index (χ0) is 17.6. The molecule has 0 radical (unpaired) electrons. The quantitative estimate of drug-likeness (QED) is 0.771. The topological polar surface area (TPSA) is 76.0 Å². The Labute approximate surface area is 149 Å². The van der Waals surface area contributed by atoms with Gasteiger partial charge < -0.3 is 9.64 Å². The van der Waals surface area contributed by atoms with Crippen LogP contribution in [0.5, 0.6) is 0 Å². The minimum absolute atomic E-state index is 0.0143. The van der Waals surface area contributed by atoms with E-state index < -0.39 is 27.8 Å². The Bertz CT molecular complexity index is 836. The SMILES string of the molecule is O=C(N=C1S[C@@H]2CS(=O)(=O)C[C@@H]2N1c1ccccc1F)C1CCCO1. The van der Waals surface area contributed by atoms with Gasteiger partial charge in [-0.1, -0.05) is 23.9 Å². The predicted molar refractivity (Wildman–Crippen MR) is 94.1 cm³/mol. The Morgan fingerprint density at radius 1 is 1.32 bits per heavy atom. The third kappa shape index (κ3) is 3.20. The number of amidine groups is 1. The van der Waals surface area contributed by atoms with Crippen molar-refractivity contribution in [2.45, 2.75) is 30.2 Å². The Morgan fingerprint density at radius 3 is 2.84 bits per heavy atom. The molecule has 6 nitrogen and oxygen atoms in total. The molecule has 0 bridgehead atoms. The van der Waals surface area contributed by atoms with Gasteiger partial charge in [-0.3, -0.25) is 4.79 Å². The molecule has 1 aromatic rings. The molecular formula is C16H17FN2O4S2. The van der Waals surface area contributed by atoms with E-state index in [1.54, 1.807) is 23.1 Å². The lowest BCUT2D eigenvalue weighted by molar-refractivity contribution is -0.126. The van der Waals surface area contributed by atoms with Crippen LogP contribution < -0.4 is 4.90 Å². The molecule has 0 spiro atoms. The van der Waals surface area contributed by atoms with Crippen molar-refractivity contribution in [1.82, 2.24) is 0 Å². The van der Waals surface area contributed by atoms with Crippen molar-refractivity contribution in [3.05, 3.63) is 30.1 Å². The van der Waals surface area contributed by atoms with E-state index in [0.29, 0.717) is 18.2 Å². The van der Waals surface area contributed by atoms with Crippen LogP contribution in [0.1, 0.15) is 12.8 Å². The van der Waals surface area contributed by atoms with E-state index in [1.165, 1.54) is 17.8 Å². The largest absolute Gasteiger partial charge is 0.368 e. The summed E-state index contributed by atoms with van der Waals surface area (Å²) in [5, 5.41) is 0.108. The number of fused-ring (bicyclic) bond motifs is 1. The van der Waals surface area contributed by atoms with E-state index in [4.69, 9.17) is 4.74 Å². The van der Waals surface area contributed by atoms with E-state index >= 15 is 0 Å². The van der Waals surface area contributed by atoms with Crippen molar-refractivity contribution in [3.8, 4) is 0 Å². The number of halogens is 1. The third-order valence-corrected chi connectivity index (χ3v) is 7.80. The summed E-state index contributed by atoms with van der Waals surface area (Å²) >= 11 is 1.24. The molecule has 3 saturated heterocycles. The Kier molecular flexibility index (Phi) is 4.33. The lowest BCUT2D eigenvalue weighted by Crippen LogP contribution is -2.38. The fourth-order valence-electron chi connectivity index (χ4n) is 3.43. The molecule has 1 aromatic carbocycles. The molecule has 3 aliphatic heterocycles. The number of nitrogens with zero attached hydrogens (tertiary/aromatic N) is 2. The summed E-state index contributed by atoms with van der Waals surface area (Å²) in [7, 11) is -3.18. The molecule has 25 heavy (non-hydrogen) atoms. The van der Waals surface area contributed by atoms with Crippen LogP contribution in [0.4, 0.5) is 10.1 Å². The molecular weight excluding hydrogens is 367 g/mol. The fourth-order valence-corrected chi connectivity index (χ4v) is 7.34. The summed E-state index contributed by atoms with van der Waals surface area (Å²) in [6.45, 7) is 0.537. The van der Waals surface area contributed by atoms with Gasteiger partial charge in [0.1, 0.15) is 11.9 Å². The summed E-state index contributed by atoms with van der Waals surface area (Å²) in [5.74, 6) is -0.901. The second-order valence-electron chi connectivity index (χ2n) is 6.36. The van der Waals surface area contributed by atoms with Gasteiger partial charge >= 0.3 is 0 Å². The average molecular weight is 384 g/mol. The number of hydrogen-bond acceptors (Lipinski definition) is 5. The molecule has 4 rings (SSSR count). The van der Waals surface area contributed by atoms with Crippen LogP contribution in [0.15, 0.2) is 29.3 Å². The highest BCUT2D eigenvalue weighted by molar-refractivity contribution is 8.16. The Balaban J connectivity index is 1.71. The number of hydrogen-bond donors (Lipinski definition) is 0. The first-order chi connectivity index (χ1) is 11.9. The van der Waals surface area contributed by atoms with Crippen LogP contribution in [0.2, 0.25) is 0 Å². The van der Waals surface area contributed by atoms with Crippen LogP contribution >= 0.6 is 11.8 Å². The number of carbonyl (C=O) groups is 1. The molecule has 3 aliphatic rings. The first-order valence-corrected chi connectivity index (χ1v) is 10.8. The van der Waals surface area contributed by atoms with E-state index in [0.717, 1.165) is 6.42 Å². The number of thioether (sulfide) groups is 1. The second-order valence-corrected chi connectivity index (χ2v) is 9.72. The second kappa shape index (κ2) is 6.37. The molecule has 0 saturated carbocycles. The normalized spacial score (nSPS) is 32.3. The zero-order valence-electron chi connectivity index (χ0n) is 13.3. The summed E-state index contributed by atoms with van der Waals surface area (Å²) in [4.78, 5) is 18.1. The summed E-state index contributed by atoms with van der Waals surface area (Å²) in [5.41, 5.74) is 0.249. The highest BCUT2D eigenvalue weighted by Gasteiger charge is 2.50. The lowest BCUT2D eigenvalue weighted by atomic mass is 10.2. The molecule has 3 fully saturated rings. The van der Waals surface area contributed by atoms with Crippen molar-refractivity contribution >= 4 is 38.4 Å². The maximum atomic E-state index is 14.3. The van der Waals surface area contributed by atoms with Crippen molar-refractivity contribution < 1.29 is 22.3 Å². The number of para-hydroxylation sites is 1. The molecule has 0 aliphatic carbocycles. The Morgan fingerprint density at radius 2 is 2.12 bits per heavy atom. The van der Waals surface area contributed by atoms with Crippen LogP contribution in [0, 0.1) is 5.82 Å². The van der Waals surface area contributed by atoms with Crippen LogP contribution in [-0.2, 0) is 19.4 Å². The molecule has 134 valence electrons. The number of amides is 1. The van der Waals surface area contributed by atoms with E-state index in [-0.39, 0.29) is 28.4 Å². The number of anilines is 1. The molecule has 0 aromatic heterocycles. The number of ether oxygens (including phenoxy) is 1. The smallest absolute Gasteiger partial charge is 0.277 e. The summed E-state index contributed by atoms with van der Waals surface area (Å²) < 4.78 is 43.7. The number of benzene rings is 1. The van der Waals surface area contributed by atoms with Crippen molar-refractivity contribution in [2.75, 3.05) is 23.0 Å².